The first-order valence-electron chi connectivity index (χ1n) is 6.13. The number of hydrogen-bond donors (Lipinski definition) is 1. The Hall–Kier alpha value is -1.23. The number of nitrogens with one attached hydrogen (secondary N) is 1. The summed E-state index contributed by atoms with van der Waals surface area (Å²) in [5.74, 6) is 0. The average Bonchev–Trinajstić information content (AvgIpc) is 2.75. The lowest BCUT2D eigenvalue weighted by Crippen LogP contribution is -2.33. The summed E-state index contributed by atoms with van der Waals surface area (Å²) in [4.78, 5) is 1.41. The van der Waals surface area contributed by atoms with Gasteiger partial charge >= 0.3 is 6.18 Å². The number of alkyl halides is 3. The van der Waals surface area contributed by atoms with Crippen LogP contribution in [0.25, 0.3) is 0 Å². The third-order valence-corrected chi connectivity index (χ3v) is 3.18. The van der Waals surface area contributed by atoms with Gasteiger partial charge in [0.05, 0.1) is 6.54 Å². The van der Waals surface area contributed by atoms with E-state index in [0.717, 1.165) is 24.2 Å². The zero-order valence-corrected chi connectivity index (χ0v) is 10.3. The minimum atomic E-state index is -4.14. The summed E-state index contributed by atoms with van der Waals surface area (Å²) in [6.07, 6.45) is -3.18. The molecule has 0 aromatic heterocycles. The van der Waals surface area contributed by atoms with Gasteiger partial charge in [0.2, 0.25) is 0 Å². The second kappa shape index (κ2) is 5.18. The molecular formula is C13H17F3N2. The molecule has 0 saturated heterocycles. The zero-order chi connectivity index (χ0) is 13.2. The fourth-order valence-corrected chi connectivity index (χ4v) is 2.32. The second-order valence-corrected chi connectivity index (χ2v) is 4.55. The Morgan fingerprint density at radius 1 is 1.33 bits per heavy atom. The van der Waals surface area contributed by atoms with Crippen LogP contribution in [0.4, 0.5) is 18.9 Å². The van der Waals surface area contributed by atoms with Gasteiger partial charge in [0.25, 0.3) is 0 Å². The molecular weight excluding hydrogens is 241 g/mol. The van der Waals surface area contributed by atoms with Crippen molar-refractivity contribution in [2.24, 2.45) is 0 Å². The summed E-state index contributed by atoms with van der Waals surface area (Å²) < 4.78 is 37.2. The number of para-hydroxylation sites is 1. The van der Waals surface area contributed by atoms with Crippen LogP contribution in [0.1, 0.15) is 18.1 Å². The maximum atomic E-state index is 12.4. The summed E-state index contributed by atoms with van der Waals surface area (Å²) in [7, 11) is 0. The first-order valence-corrected chi connectivity index (χ1v) is 6.13. The maximum absolute atomic E-state index is 12.4. The van der Waals surface area contributed by atoms with Crippen molar-refractivity contribution >= 4 is 5.69 Å². The van der Waals surface area contributed by atoms with Crippen molar-refractivity contribution < 1.29 is 13.2 Å². The molecule has 2 rings (SSSR count). The van der Waals surface area contributed by atoms with Gasteiger partial charge in [-0.1, -0.05) is 25.1 Å². The Labute approximate surface area is 105 Å². The summed E-state index contributed by atoms with van der Waals surface area (Å²) in [6.45, 7) is 2.50. The lowest BCUT2D eigenvalue weighted by Gasteiger charge is -2.23. The number of anilines is 1. The molecule has 1 N–H and O–H groups in total. The van der Waals surface area contributed by atoms with E-state index in [-0.39, 0.29) is 0 Å². The van der Waals surface area contributed by atoms with Gasteiger partial charge in [0.15, 0.2) is 0 Å². The first-order chi connectivity index (χ1) is 8.49. The van der Waals surface area contributed by atoms with E-state index >= 15 is 0 Å². The molecule has 0 spiro atoms. The highest BCUT2D eigenvalue weighted by Crippen LogP contribution is 2.28. The normalized spacial score (nSPS) is 14.7. The average molecular weight is 258 g/mol. The van der Waals surface area contributed by atoms with Crippen LogP contribution < -0.4 is 5.32 Å². The van der Waals surface area contributed by atoms with E-state index in [4.69, 9.17) is 0 Å². The summed E-state index contributed by atoms with van der Waals surface area (Å²) in [5, 5.41) is 3.25. The van der Waals surface area contributed by atoms with Gasteiger partial charge in [-0.3, -0.25) is 4.90 Å². The number of fused-ring (bicyclic) bond motifs is 1. The van der Waals surface area contributed by atoms with Crippen LogP contribution in [0.5, 0.6) is 0 Å². The SMILES string of the molecule is CCN(Cc1cccc2c1NCC2)CC(F)(F)F. The van der Waals surface area contributed by atoms with E-state index in [1.54, 1.807) is 6.92 Å². The van der Waals surface area contributed by atoms with E-state index < -0.39 is 12.7 Å². The Bertz CT molecular complexity index is 415. The number of rotatable bonds is 4. The summed E-state index contributed by atoms with van der Waals surface area (Å²) in [5.41, 5.74) is 3.18. The van der Waals surface area contributed by atoms with Crippen molar-refractivity contribution in [3.8, 4) is 0 Å². The number of nitrogens with zero attached hydrogens (tertiary/aromatic N) is 1. The van der Waals surface area contributed by atoms with E-state index in [9.17, 15) is 13.2 Å². The highest BCUT2D eigenvalue weighted by atomic mass is 19.4. The quantitative estimate of drug-likeness (QED) is 0.893. The lowest BCUT2D eigenvalue weighted by atomic mass is 10.1. The first kappa shape index (κ1) is 13.2. The van der Waals surface area contributed by atoms with E-state index in [2.05, 4.69) is 5.32 Å². The number of halogens is 3. The van der Waals surface area contributed by atoms with Gasteiger partial charge in [-0.25, -0.2) is 0 Å². The maximum Gasteiger partial charge on any atom is 0.401 e. The minimum absolute atomic E-state index is 0.339. The minimum Gasteiger partial charge on any atom is -0.384 e. The predicted octanol–water partition coefficient (Wildman–Crippen LogP) is 3.04. The third-order valence-electron chi connectivity index (χ3n) is 3.18. The molecule has 18 heavy (non-hydrogen) atoms. The van der Waals surface area contributed by atoms with Crippen LogP contribution in [-0.2, 0) is 13.0 Å². The largest absolute Gasteiger partial charge is 0.401 e. The standard InChI is InChI=1S/C13H17F3N2/c1-2-18(9-13(14,15)16)8-11-5-3-4-10-6-7-17-12(10)11/h3-5,17H,2,6-9H2,1H3. The molecule has 1 heterocycles. The Balaban J connectivity index is 2.11. The molecule has 1 aliphatic heterocycles. The van der Waals surface area contributed by atoms with Gasteiger partial charge in [-0.2, -0.15) is 13.2 Å². The van der Waals surface area contributed by atoms with Gasteiger partial charge < -0.3 is 5.32 Å². The molecule has 2 nitrogen and oxygen atoms in total. The van der Waals surface area contributed by atoms with Crippen LogP contribution in [0.3, 0.4) is 0 Å². The molecule has 1 aromatic carbocycles. The molecule has 1 aliphatic rings. The second-order valence-electron chi connectivity index (χ2n) is 4.55. The molecule has 0 fully saturated rings. The van der Waals surface area contributed by atoms with Crippen molar-refractivity contribution in [1.82, 2.24) is 4.90 Å². The topological polar surface area (TPSA) is 15.3 Å². The highest BCUT2D eigenvalue weighted by molar-refractivity contribution is 5.61. The molecule has 1 aromatic rings. The highest BCUT2D eigenvalue weighted by Gasteiger charge is 2.30. The molecule has 0 bridgehead atoms. The number of benzene rings is 1. The molecule has 0 amide bonds. The van der Waals surface area contributed by atoms with E-state index in [0.29, 0.717) is 13.1 Å². The van der Waals surface area contributed by atoms with Gasteiger partial charge in [0.1, 0.15) is 0 Å². The van der Waals surface area contributed by atoms with E-state index in [1.807, 2.05) is 18.2 Å². The predicted molar refractivity (Wildman–Crippen MR) is 65.6 cm³/mol. The van der Waals surface area contributed by atoms with Crippen LogP contribution in [0.15, 0.2) is 18.2 Å². The fourth-order valence-electron chi connectivity index (χ4n) is 2.32. The van der Waals surface area contributed by atoms with Crippen LogP contribution in [-0.4, -0.2) is 30.7 Å². The van der Waals surface area contributed by atoms with Crippen molar-refractivity contribution in [2.75, 3.05) is 25.0 Å². The monoisotopic (exact) mass is 258 g/mol. The molecule has 0 unspecified atom stereocenters. The molecule has 0 saturated carbocycles. The summed E-state index contributed by atoms with van der Waals surface area (Å²) in [6, 6.07) is 5.84. The Kier molecular flexibility index (Phi) is 3.80. The van der Waals surface area contributed by atoms with Crippen LogP contribution >= 0.6 is 0 Å². The third kappa shape index (κ3) is 3.16. The van der Waals surface area contributed by atoms with Gasteiger partial charge in [0, 0.05) is 18.8 Å². The molecule has 0 atom stereocenters. The van der Waals surface area contributed by atoms with Crippen molar-refractivity contribution in [3.63, 3.8) is 0 Å². The van der Waals surface area contributed by atoms with Crippen molar-refractivity contribution in [3.05, 3.63) is 29.3 Å². The Morgan fingerprint density at radius 2 is 2.11 bits per heavy atom. The van der Waals surface area contributed by atoms with E-state index in [1.165, 1.54) is 10.5 Å². The van der Waals surface area contributed by atoms with Crippen LogP contribution in [0, 0.1) is 0 Å². The molecule has 0 radical (unpaired) electrons. The van der Waals surface area contributed by atoms with Gasteiger partial charge in [-0.05, 0) is 24.1 Å². The fraction of sp³-hybridized carbons (Fsp3) is 0.538. The van der Waals surface area contributed by atoms with Gasteiger partial charge in [-0.15, -0.1) is 0 Å². The molecule has 100 valence electrons. The molecule has 0 aliphatic carbocycles. The summed E-state index contributed by atoms with van der Waals surface area (Å²) >= 11 is 0. The van der Waals surface area contributed by atoms with Crippen molar-refractivity contribution in [1.29, 1.82) is 0 Å². The molecule has 5 heteroatoms. The van der Waals surface area contributed by atoms with Crippen LogP contribution in [0.2, 0.25) is 0 Å². The smallest absolute Gasteiger partial charge is 0.384 e. The zero-order valence-electron chi connectivity index (χ0n) is 10.3. The Morgan fingerprint density at radius 3 is 2.78 bits per heavy atom. The van der Waals surface area contributed by atoms with Crippen molar-refractivity contribution in [2.45, 2.75) is 26.1 Å². The number of hydrogen-bond acceptors (Lipinski definition) is 2. The lowest BCUT2D eigenvalue weighted by molar-refractivity contribution is -0.146.